The van der Waals surface area contributed by atoms with E-state index in [-0.39, 0.29) is 11.7 Å². The molecule has 130 valence electrons. The van der Waals surface area contributed by atoms with Crippen molar-refractivity contribution in [2.75, 3.05) is 19.0 Å². The maximum atomic E-state index is 6.03. The molecule has 2 heterocycles. The highest BCUT2D eigenvalue weighted by atomic mass is 32.2. The van der Waals surface area contributed by atoms with Gasteiger partial charge in [0.1, 0.15) is 23.3 Å². The van der Waals surface area contributed by atoms with E-state index in [0.29, 0.717) is 18.7 Å². The van der Waals surface area contributed by atoms with Crippen molar-refractivity contribution < 1.29 is 9.47 Å². The topological polar surface area (TPSA) is 37.3 Å². The largest absolute Gasteiger partial charge is 0.378 e. The number of hydrogen-bond acceptors (Lipinski definition) is 6. The van der Waals surface area contributed by atoms with E-state index in [1.165, 1.54) is 0 Å². The predicted octanol–water partition coefficient (Wildman–Crippen LogP) is 3.26. The highest BCUT2D eigenvalue weighted by Crippen LogP contribution is 2.31. The maximum Gasteiger partial charge on any atom is 0.145 e. The van der Waals surface area contributed by atoms with Crippen molar-refractivity contribution in [2.45, 2.75) is 58.4 Å². The third-order valence-electron chi connectivity index (χ3n) is 3.80. The van der Waals surface area contributed by atoms with Gasteiger partial charge in [0.15, 0.2) is 0 Å². The van der Waals surface area contributed by atoms with Crippen molar-refractivity contribution in [3.8, 4) is 0 Å². The zero-order chi connectivity index (χ0) is 17.0. The van der Waals surface area contributed by atoms with Gasteiger partial charge in [-0.15, -0.1) is 11.8 Å². The van der Waals surface area contributed by atoms with Gasteiger partial charge in [0.05, 0.1) is 6.61 Å². The van der Waals surface area contributed by atoms with Crippen molar-refractivity contribution in [2.24, 2.45) is 4.99 Å². The zero-order valence-electron chi connectivity index (χ0n) is 14.9. The minimum Gasteiger partial charge on any atom is -0.378 e. The average molecular weight is 340 g/mol. The van der Waals surface area contributed by atoms with Gasteiger partial charge in [-0.25, -0.2) is 4.99 Å². The first-order valence-electron chi connectivity index (χ1n) is 8.31. The first kappa shape index (κ1) is 18.4. The quantitative estimate of drug-likeness (QED) is 0.742. The van der Waals surface area contributed by atoms with Crippen LogP contribution >= 0.6 is 11.8 Å². The molecule has 0 spiro atoms. The summed E-state index contributed by atoms with van der Waals surface area (Å²) in [7, 11) is 0. The lowest BCUT2D eigenvalue weighted by atomic mass is 10.2. The molecule has 0 saturated carbocycles. The van der Waals surface area contributed by atoms with Crippen LogP contribution in [0.1, 0.15) is 34.6 Å². The molecule has 1 fully saturated rings. The summed E-state index contributed by atoms with van der Waals surface area (Å²) in [6.45, 7) is 16.2. The monoisotopic (exact) mass is 339 g/mol. The predicted molar refractivity (Wildman–Crippen MR) is 97.3 cm³/mol. The lowest BCUT2D eigenvalue weighted by Gasteiger charge is -2.36. The molecule has 6 heteroatoms. The lowest BCUT2D eigenvalue weighted by Crippen LogP contribution is -2.43. The number of thioether (sulfide) groups is 1. The second kappa shape index (κ2) is 8.22. The molecule has 1 saturated heterocycles. The van der Waals surface area contributed by atoms with Gasteiger partial charge in [-0.3, -0.25) is 0 Å². The molecule has 0 aliphatic carbocycles. The molecular weight excluding hydrogens is 310 g/mol. The summed E-state index contributed by atoms with van der Waals surface area (Å²) in [4.78, 5) is 9.01. The summed E-state index contributed by atoms with van der Waals surface area (Å²) in [5.41, 5.74) is 0.0920. The fourth-order valence-corrected chi connectivity index (χ4v) is 3.90. The van der Waals surface area contributed by atoms with Crippen molar-refractivity contribution in [3.63, 3.8) is 0 Å². The lowest BCUT2D eigenvalue weighted by molar-refractivity contribution is -0.0370. The fourth-order valence-electron chi connectivity index (χ4n) is 2.88. The van der Waals surface area contributed by atoms with Crippen LogP contribution in [0.5, 0.6) is 0 Å². The summed E-state index contributed by atoms with van der Waals surface area (Å²) >= 11 is 1.78. The highest BCUT2D eigenvalue weighted by Gasteiger charge is 2.32. The summed E-state index contributed by atoms with van der Waals surface area (Å²) in [6.07, 6.45) is 4.07. The van der Waals surface area contributed by atoms with Crippen LogP contribution in [0.15, 0.2) is 29.7 Å². The smallest absolute Gasteiger partial charge is 0.145 e. The van der Waals surface area contributed by atoms with Crippen LogP contribution in [0.3, 0.4) is 0 Å². The van der Waals surface area contributed by atoms with Gasteiger partial charge in [0.25, 0.3) is 0 Å². The van der Waals surface area contributed by atoms with Crippen molar-refractivity contribution in [3.05, 3.63) is 24.7 Å². The van der Waals surface area contributed by atoms with E-state index >= 15 is 0 Å². The molecule has 0 aromatic rings. The number of hydrogen-bond donors (Lipinski definition) is 0. The van der Waals surface area contributed by atoms with Crippen molar-refractivity contribution >= 4 is 17.6 Å². The number of ether oxygens (including phenoxy) is 2. The second-order valence-corrected chi connectivity index (χ2v) is 7.41. The summed E-state index contributed by atoms with van der Waals surface area (Å²) < 4.78 is 11.5. The van der Waals surface area contributed by atoms with E-state index in [2.05, 4.69) is 45.2 Å². The Morgan fingerprint density at radius 3 is 2.70 bits per heavy atom. The molecule has 0 aromatic heterocycles. The van der Waals surface area contributed by atoms with E-state index in [9.17, 15) is 0 Å². The van der Waals surface area contributed by atoms with Crippen molar-refractivity contribution in [1.82, 2.24) is 9.80 Å². The Balaban J connectivity index is 1.99. The van der Waals surface area contributed by atoms with Crippen LogP contribution in [0, 0.1) is 0 Å². The minimum absolute atomic E-state index is 0.0222. The molecule has 0 radical (unpaired) electrons. The molecule has 0 aromatic carbocycles. The van der Waals surface area contributed by atoms with E-state index in [0.717, 1.165) is 24.0 Å². The Labute approximate surface area is 144 Å². The van der Waals surface area contributed by atoms with Gasteiger partial charge < -0.3 is 19.3 Å². The molecule has 5 nitrogen and oxygen atoms in total. The van der Waals surface area contributed by atoms with Gasteiger partial charge in [-0.2, -0.15) is 0 Å². The zero-order valence-corrected chi connectivity index (χ0v) is 15.7. The van der Waals surface area contributed by atoms with Gasteiger partial charge >= 0.3 is 0 Å². The second-order valence-electron chi connectivity index (χ2n) is 6.22. The molecule has 0 N–H and O–H groups in total. The summed E-state index contributed by atoms with van der Waals surface area (Å²) in [5.74, 6) is 2.59. The maximum absolute atomic E-state index is 6.03. The number of amidine groups is 1. The van der Waals surface area contributed by atoms with Crippen molar-refractivity contribution in [1.29, 1.82) is 0 Å². The van der Waals surface area contributed by atoms with Crippen LogP contribution in [-0.4, -0.2) is 58.3 Å². The fraction of sp³-hybridized carbons (Fsp3) is 0.706. The van der Waals surface area contributed by atoms with Crippen LogP contribution < -0.4 is 0 Å². The molecule has 0 bridgehead atoms. The van der Waals surface area contributed by atoms with Gasteiger partial charge in [0, 0.05) is 30.6 Å². The Kier molecular flexibility index (Phi) is 6.56. The minimum atomic E-state index is -0.0222. The van der Waals surface area contributed by atoms with Crippen LogP contribution in [0.2, 0.25) is 0 Å². The number of rotatable bonds is 6. The molecule has 23 heavy (non-hydrogen) atoms. The van der Waals surface area contributed by atoms with E-state index in [1.807, 2.05) is 18.0 Å². The molecule has 2 aliphatic rings. The molecule has 2 aliphatic heterocycles. The summed E-state index contributed by atoms with van der Waals surface area (Å²) in [6, 6.07) is 0.790. The SMILES string of the molecule is C=C1N=C(N(C(C)C)C(C)C)C=CN1[C@H]1CS[C@@H](COCC)O1. The van der Waals surface area contributed by atoms with Crippen LogP contribution in [0.4, 0.5) is 0 Å². The summed E-state index contributed by atoms with van der Waals surface area (Å²) in [5, 5.41) is 0. The average Bonchev–Trinajstić information content (AvgIpc) is 2.93. The Morgan fingerprint density at radius 2 is 2.13 bits per heavy atom. The highest BCUT2D eigenvalue weighted by molar-refractivity contribution is 8.00. The number of aliphatic imine (C=N–C) groups is 1. The Hall–Kier alpha value is -0.980. The standard InChI is InChI=1S/C17H29N3O2S/c1-7-21-10-17-22-16(11-23-17)19-9-8-15(18-14(19)6)20(12(2)3)13(4)5/h8-9,12-13,16-17H,6-7,10-11H2,1-5H3/t16-,17+/m1/s1. The molecule has 0 amide bonds. The Morgan fingerprint density at radius 1 is 1.43 bits per heavy atom. The molecule has 0 unspecified atom stereocenters. The first-order chi connectivity index (χ1) is 10.9. The van der Waals surface area contributed by atoms with Crippen LogP contribution in [0.25, 0.3) is 0 Å². The first-order valence-corrected chi connectivity index (χ1v) is 9.36. The third kappa shape index (κ3) is 4.52. The Bertz CT molecular complexity index is 468. The molecule has 2 atom stereocenters. The van der Waals surface area contributed by atoms with Crippen LogP contribution in [-0.2, 0) is 9.47 Å². The van der Waals surface area contributed by atoms with E-state index in [1.54, 1.807) is 11.8 Å². The normalized spacial score (nSPS) is 24.7. The van der Waals surface area contributed by atoms with Gasteiger partial charge in [-0.1, -0.05) is 6.58 Å². The molecular formula is C17H29N3O2S. The van der Waals surface area contributed by atoms with E-state index < -0.39 is 0 Å². The van der Waals surface area contributed by atoms with Gasteiger partial charge in [0.2, 0.25) is 0 Å². The number of nitrogens with zero attached hydrogens (tertiary/aromatic N) is 3. The molecule has 2 rings (SSSR count). The van der Waals surface area contributed by atoms with Gasteiger partial charge in [-0.05, 0) is 40.7 Å². The third-order valence-corrected chi connectivity index (χ3v) is 4.90. The van der Waals surface area contributed by atoms with E-state index in [4.69, 9.17) is 14.5 Å².